The number of hydrogen-bond donors (Lipinski definition) is 1. The molecule has 1 heterocycles. The van der Waals surface area contributed by atoms with Gasteiger partial charge in [-0.15, -0.1) is 11.6 Å². The van der Waals surface area contributed by atoms with Gasteiger partial charge >= 0.3 is 6.03 Å². The summed E-state index contributed by atoms with van der Waals surface area (Å²) in [5.74, 6) is 0.423. The molecule has 0 aliphatic carbocycles. The molecule has 0 bridgehead atoms. The highest BCUT2D eigenvalue weighted by atomic mass is 35.5. The van der Waals surface area contributed by atoms with Gasteiger partial charge in [0.25, 0.3) is 0 Å². The Morgan fingerprint density at radius 2 is 2.13 bits per heavy atom. The van der Waals surface area contributed by atoms with Crippen LogP contribution in [0.2, 0.25) is 0 Å². The largest absolute Gasteiger partial charge is 0.327 e. The lowest BCUT2D eigenvalue weighted by Crippen LogP contribution is -2.58. The molecular weight excluding hydrogens is 218 g/mol. The van der Waals surface area contributed by atoms with Crippen LogP contribution in [0.5, 0.6) is 0 Å². The Kier molecular flexibility index (Phi) is 4.35. The van der Waals surface area contributed by atoms with Gasteiger partial charge in [0.05, 0.1) is 12.6 Å². The normalized spacial score (nSPS) is 22.5. The zero-order valence-electron chi connectivity index (χ0n) is 8.99. The van der Waals surface area contributed by atoms with Gasteiger partial charge in [-0.05, 0) is 13.0 Å². The molecule has 5 nitrogen and oxygen atoms in total. The third-order valence-corrected chi connectivity index (χ3v) is 2.76. The van der Waals surface area contributed by atoms with E-state index in [-0.39, 0.29) is 18.1 Å². The highest BCUT2D eigenvalue weighted by molar-refractivity contribution is 6.17. The molecule has 0 aromatic carbocycles. The predicted octanol–water partition coefficient (Wildman–Crippen LogP) is 0.445. The molecule has 0 radical (unpaired) electrons. The first-order valence-corrected chi connectivity index (χ1v) is 5.44. The third kappa shape index (κ3) is 2.82. The number of nitrogens with one attached hydrogen (secondary N) is 1. The van der Waals surface area contributed by atoms with Crippen LogP contribution < -0.4 is 5.32 Å². The van der Waals surface area contributed by atoms with E-state index in [1.165, 1.54) is 11.9 Å². The van der Waals surface area contributed by atoms with E-state index in [2.05, 4.69) is 5.32 Å². The number of nitrogens with zero attached hydrogens (tertiary/aromatic N) is 2. The van der Waals surface area contributed by atoms with Gasteiger partial charge in [-0.25, -0.2) is 4.79 Å². The monoisotopic (exact) mass is 233 g/mol. The molecule has 0 aromatic heterocycles. The predicted molar refractivity (Wildman–Crippen MR) is 57.7 cm³/mol. The smallest absolute Gasteiger partial charge is 0.311 e. The van der Waals surface area contributed by atoms with Gasteiger partial charge in [-0.1, -0.05) is 0 Å². The van der Waals surface area contributed by atoms with Crippen molar-refractivity contribution >= 4 is 23.5 Å². The molecule has 15 heavy (non-hydrogen) atoms. The van der Waals surface area contributed by atoms with Crippen molar-refractivity contribution in [3.63, 3.8) is 0 Å². The SMILES string of the molecule is CN1C(=O)CC(NCCCCl)N(C)C1=O. The fourth-order valence-electron chi connectivity index (χ4n) is 1.46. The van der Waals surface area contributed by atoms with Crippen molar-refractivity contribution in [1.82, 2.24) is 15.1 Å². The number of alkyl halides is 1. The maximum atomic E-state index is 11.5. The average Bonchev–Trinajstić information content (AvgIpc) is 2.23. The molecule has 0 saturated carbocycles. The summed E-state index contributed by atoms with van der Waals surface area (Å²) in [6, 6.07) is -0.269. The van der Waals surface area contributed by atoms with E-state index in [0.717, 1.165) is 11.3 Å². The Labute approximate surface area is 94.3 Å². The lowest BCUT2D eigenvalue weighted by molar-refractivity contribution is -0.131. The fraction of sp³-hybridized carbons (Fsp3) is 0.778. The quantitative estimate of drug-likeness (QED) is 0.567. The maximum Gasteiger partial charge on any atom is 0.327 e. The second-order valence-corrected chi connectivity index (χ2v) is 3.94. The number of carbonyl (C=O) groups excluding carboxylic acids is 2. The van der Waals surface area contributed by atoms with Crippen LogP contribution in [0.4, 0.5) is 4.79 Å². The topological polar surface area (TPSA) is 52.7 Å². The molecule has 1 atom stereocenters. The number of rotatable bonds is 4. The van der Waals surface area contributed by atoms with Crippen LogP contribution in [0.1, 0.15) is 12.8 Å². The maximum absolute atomic E-state index is 11.5. The number of halogens is 1. The van der Waals surface area contributed by atoms with Crippen LogP contribution in [0.3, 0.4) is 0 Å². The Hall–Kier alpha value is -0.810. The second-order valence-electron chi connectivity index (χ2n) is 3.56. The number of imide groups is 1. The molecule has 1 saturated heterocycles. The summed E-state index contributed by atoms with van der Waals surface area (Å²) in [4.78, 5) is 25.6. The van der Waals surface area contributed by atoms with E-state index < -0.39 is 0 Å². The number of hydrogen-bond acceptors (Lipinski definition) is 3. The van der Waals surface area contributed by atoms with E-state index in [9.17, 15) is 9.59 Å². The van der Waals surface area contributed by atoms with Crippen molar-refractivity contribution in [3.05, 3.63) is 0 Å². The minimum absolute atomic E-state index is 0.151. The summed E-state index contributed by atoms with van der Waals surface area (Å²) in [7, 11) is 3.18. The summed E-state index contributed by atoms with van der Waals surface area (Å²) >= 11 is 5.54. The molecule has 0 spiro atoms. The first-order valence-electron chi connectivity index (χ1n) is 4.90. The van der Waals surface area contributed by atoms with Gasteiger partial charge in [-0.2, -0.15) is 0 Å². The number of urea groups is 1. The van der Waals surface area contributed by atoms with Crippen molar-refractivity contribution in [2.45, 2.75) is 19.0 Å². The van der Waals surface area contributed by atoms with Crippen LogP contribution in [0.15, 0.2) is 0 Å². The Balaban J connectivity index is 2.51. The lowest BCUT2D eigenvalue weighted by Gasteiger charge is -2.36. The molecular formula is C9H16ClN3O2. The van der Waals surface area contributed by atoms with Gasteiger partial charge in [0.15, 0.2) is 0 Å². The van der Waals surface area contributed by atoms with Gasteiger partial charge in [-0.3, -0.25) is 15.0 Å². The molecule has 1 rings (SSSR count). The van der Waals surface area contributed by atoms with E-state index in [1.807, 2.05) is 0 Å². The average molecular weight is 234 g/mol. The van der Waals surface area contributed by atoms with Crippen LogP contribution in [-0.2, 0) is 4.79 Å². The van der Waals surface area contributed by atoms with Gasteiger partial charge in [0.1, 0.15) is 0 Å². The molecule has 0 aromatic rings. The molecule has 1 aliphatic heterocycles. The second kappa shape index (κ2) is 5.32. The fourth-order valence-corrected chi connectivity index (χ4v) is 1.59. The van der Waals surface area contributed by atoms with Gasteiger partial charge in [0, 0.05) is 20.0 Å². The van der Waals surface area contributed by atoms with Crippen LogP contribution in [-0.4, -0.2) is 54.4 Å². The summed E-state index contributed by atoms with van der Waals surface area (Å²) in [5, 5.41) is 3.13. The minimum Gasteiger partial charge on any atom is -0.311 e. The van der Waals surface area contributed by atoms with Crippen LogP contribution in [0, 0.1) is 0 Å². The Morgan fingerprint density at radius 1 is 1.47 bits per heavy atom. The van der Waals surface area contributed by atoms with Crippen LogP contribution >= 0.6 is 11.6 Å². The zero-order chi connectivity index (χ0) is 11.4. The highest BCUT2D eigenvalue weighted by Gasteiger charge is 2.33. The van der Waals surface area contributed by atoms with Gasteiger partial charge in [0.2, 0.25) is 5.91 Å². The molecule has 3 amide bonds. The summed E-state index contributed by atoms with van der Waals surface area (Å²) in [6.45, 7) is 0.711. The van der Waals surface area contributed by atoms with Crippen molar-refractivity contribution < 1.29 is 9.59 Å². The third-order valence-electron chi connectivity index (χ3n) is 2.49. The van der Waals surface area contributed by atoms with Crippen molar-refractivity contribution in [3.8, 4) is 0 Å². The van der Waals surface area contributed by atoms with Crippen LogP contribution in [0.25, 0.3) is 0 Å². The van der Waals surface area contributed by atoms with Crippen molar-refractivity contribution in [2.75, 3.05) is 26.5 Å². The first kappa shape index (κ1) is 12.3. The molecule has 1 aliphatic rings. The van der Waals surface area contributed by atoms with E-state index in [1.54, 1.807) is 7.05 Å². The summed E-state index contributed by atoms with van der Waals surface area (Å²) in [6.07, 6.45) is 0.940. The summed E-state index contributed by atoms with van der Waals surface area (Å²) in [5.41, 5.74) is 0. The number of carbonyl (C=O) groups is 2. The highest BCUT2D eigenvalue weighted by Crippen LogP contribution is 2.11. The Bertz CT molecular complexity index is 260. The number of amides is 3. The standard InChI is InChI=1S/C9H16ClN3O2/c1-12-7(11-5-3-4-10)6-8(14)13(2)9(12)15/h7,11H,3-6H2,1-2H3. The molecule has 1 unspecified atom stereocenters. The van der Waals surface area contributed by atoms with Crippen molar-refractivity contribution in [1.29, 1.82) is 0 Å². The van der Waals surface area contributed by atoms with E-state index in [4.69, 9.17) is 11.6 Å². The molecule has 1 N–H and O–H groups in total. The molecule has 6 heteroatoms. The lowest BCUT2D eigenvalue weighted by atomic mass is 10.2. The molecule has 86 valence electrons. The van der Waals surface area contributed by atoms with Crippen molar-refractivity contribution in [2.24, 2.45) is 0 Å². The molecule has 1 fully saturated rings. The first-order chi connectivity index (χ1) is 7.07. The zero-order valence-corrected chi connectivity index (χ0v) is 9.75. The van der Waals surface area contributed by atoms with E-state index in [0.29, 0.717) is 18.8 Å². The van der Waals surface area contributed by atoms with Gasteiger partial charge < -0.3 is 4.90 Å². The van der Waals surface area contributed by atoms with E-state index >= 15 is 0 Å². The minimum atomic E-state index is -0.269. The summed E-state index contributed by atoms with van der Waals surface area (Å²) < 4.78 is 0. The Morgan fingerprint density at radius 3 is 2.73 bits per heavy atom.